The van der Waals surface area contributed by atoms with E-state index in [1.54, 1.807) is 0 Å². The Kier molecular flexibility index (Phi) is 3.85. The Morgan fingerprint density at radius 3 is 2.08 bits per heavy atom. The molecule has 0 spiro atoms. The van der Waals surface area contributed by atoms with Crippen LogP contribution in [0, 0.1) is 3.57 Å². The molecule has 76 valence electrons. The van der Waals surface area contributed by atoms with Crippen LogP contribution in [0.4, 0.5) is 19.0 Å². The van der Waals surface area contributed by atoms with Crippen LogP contribution in [0.25, 0.3) is 0 Å². The molecule has 0 aliphatic heterocycles. The molecule has 13 heavy (non-hydrogen) atoms. The highest BCUT2D eigenvalue weighted by Gasteiger charge is 2.38. The molecule has 0 fully saturated rings. The van der Waals surface area contributed by atoms with Gasteiger partial charge in [0.25, 0.3) is 0 Å². The molecule has 0 amide bonds. The van der Waals surface area contributed by atoms with Crippen LogP contribution >= 0.6 is 35.0 Å². The van der Waals surface area contributed by atoms with Crippen molar-refractivity contribution >= 4 is 40.8 Å². The summed E-state index contributed by atoms with van der Waals surface area (Å²) in [4.78, 5) is 0. The zero-order chi connectivity index (χ0) is 9.52. The molecule has 2 N–H and O–H groups in total. The summed E-state index contributed by atoms with van der Waals surface area (Å²) in [5, 5.41) is 3.44. The Morgan fingerprint density at radius 2 is 1.92 bits per heavy atom. The van der Waals surface area contributed by atoms with Gasteiger partial charge in [-0.25, -0.2) is 0 Å². The van der Waals surface area contributed by atoms with Crippen LogP contribution in [0.15, 0.2) is 0 Å². The van der Waals surface area contributed by atoms with Crippen LogP contribution in [-0.4, -0.2) is 9.78 Å². The maximum Gasteiger partial charge on any atom is 0.434 e. The first-order valence-corrected chi connectivity index (χ1v) is 3.97. The topological polar surface area (TPSA) is 43.8 Å². The van der Waals surface area contributed by atoms with E-state index in [1.165, 1.54) is 29.6 Å². The Labute approximate surface area is 92.0 Å². The molecule has 1 heterocycles. The van der Waals surface area contributed by atoms with Crippen molar-refractivity contribution in [2.24, 2.45) is 7.05 Å². The van der Waals surface area contributed by atoms with E-state index in [0.29, 0.717) is 0 Å². The van der Waals surface area contributed by atoms with Crippen molar-refractivity contribution < 1.29 is 13.2 Å². The average Bonchev–Trinajstić information content (AvgIpc) is 2.05. The maximum atomic E-state index is 12.2. The zero-order valence-electron chi connectivity index (χ0n) is 6.39. The molecule has 0 radical (unpaired) electrons. The fourth-order valence-corrected chi connectivity index (χ4v) is 1.59. The summed E-state index contributed by atoms with van der Waals surface area (Å²) in [5.41, 5.74) is 4.39. The van der Waals surface area contributed by atoms with Crippen molar-refractivity contribution in [3.8, 4) is 0 Å². The molecule has 0 aliphatic carbocycles. The first kappa shape index (κ1) is 12.8. The maximum absolute atomic E-state index is 12.2. The number of nitrogens with zero attached hydrogens (tertiary/aromatic N) is 2. The van der Waals surface area contributed by atoms with Gasteiger partial charge in [-0.05, 0) is 22.6 Å². The number of nitrogens with two attached hydrogens (primary N) is 1. The van der Waals surface area contributed by atoms with Gasteiger partial charge in [-0.15, -0.1) is 12.4 Å². The van der Waals surface area contributed by atoms with E-state index in [-0.39, 0.29) is 21.8 Å². The molecule has 1 rings (SSSR count). The van der Waals surface area contributed by atoms with Crippen molar-refractivity contribution in [2.75, 3.05) is 5.73 Å². The number of alkyl halides is 3. The van der Waals surface area contributed by atoms with Crippen LogP contribution < -0.4 is 5.73 Å². The first-order chi connectivity index (χ1) is 5.34. The third-order valence-corrected chi connectivity index (χ3v) is 2.35. The van der Waals surface area contributed by atoms with E-state index in [1.807, 2.05) is 0 Å². The summed E-state index contributed by atoms with van der Waals surface area (Å²) in [6.07, 6.45) is -4.39. The van der Waals surface area contributed by atoms with Gasteiger partial charge in [0.15, 0.2) is 11.5 Å². The molecule has 0 saturated carbocycles. The van der Waals surface area contributed by atoms with Crippen molar-refractivity contribution in [3.05, 3.63) is 9.26 Å². The molecule has 1 aromatic heterocycles. The molecule has 1 aromatic rings. The highest BCUT2D eigenvalue weighted by Crippen LogP contribution is 2.34. The summed E-state index contributed by atoms with van der Waals surface area (Å²) < 4.78 is 37.3. The molecular weight excluding hydrogens is 321 g/mol. The van der Waals surface area contributed by atoms with Crippen molar-refractivity contribution in [1.82, 2.24) is 9.78 Å². The molecule has 0 aliphatic rings. The predicted molar refractivity (Wildman–Crippen MR) is 52.6 cm³/mol. The smallest absolute Gasteiger partial charge is 0.381 e. The molecular formula is C5H6ClF3IN3. The fourth-order valence-electron chi connectivity index (χ4n) is 0.827. The number of rotatable bonds is 0. The second-order valence-corrected chi connectivity index (χ2v) is 3.25. The summed E-state index contributed by atoms with van der Waals surface area (Å²) in [6, 6.07) is 0. The van der Waals surface area contributed by atoms with Gasteiger partial charge in [0, 0.05) is 7.05 Å². The number of anilines is 1. The van der Waals surface area contributed by atoms with Crippen LogP contribution in [-0.2, 0) is 13.2 Å². The average molecular weight is 327 g/mol. The molecule has 0 saturated heterocycles. The molecule has 0 bridgehead atoms. The number of nitrogen functional groups attached to an aromatic ring is 1. The van der Waals surface area contributed by atoms with E-state index >= 15 is 0 Å². The lowest BCUT2D eigenvalue weighted by atomic mass is 10.4. The predicted octanol–water partition coefficient (Wildman–Crippen LogP) is 2.05. The lowest BCUT2D eigenvalue weighted by Gasteiger charge is -2.06. The number of hydrogen-bond acceptors (Lipinski definition) is 2. The second-order valence-electron chi connectivity index (χ2n) is 2.17. The standard InChI is InChI=1S/C5H5F3IN3.ClH/c1-12-3(5(6,7)8)2(9)4(10)11-12;/h1H3,(H2,10,11);1H. The summed E-state index contributed by atoms with van der Waals surface area (Å²) in [7, 11) is 1.21. The number of aryl methyl sites for hydroxylation is 1. The molecule has 0 unspecified atom stereocenters. The van der Waals surface area contributed by atoms with Crippen LogP contribution in [0.2, 0.25) is 0 Å². The van der Waals surface area contributed by atoms with Crippen molar-refractivity contribution in [2.45, 2.75) is 6.18 Å². The van der Waals surface area contributed by atoms with Gasteiger partial charge in [-0.2, -0.15) is 18.3 Å². The van der Waals surface area contributed by atoms with Crippen molar-refractivity contribution in [3.63, 3.8) is 0 Å². The highest BCUT2D eigenvalue weighted by molar-refractivity contribution is 14.1. The van der Waals surface area contributed by atoms with Crippen LogP contribution in [0.5, 0.6) is 0 Å². The highest BCUT2D eigenvalue weighted by atomic mass is 127. The van der Waals surface area contributed by atoms with Gasteiger partial charge in [0.1, 0.15) is 0 Å². The quantitative estimate of drug-likeness (QED) is 0.741. The number of hydrogen-bond donors (Lipinski definition) is 1. The van der Waals surface area contributed by atoms with E-state index in [0.717, 1.165) is 4.68 Å². The van der Waals surface area contributed by atoms with E-state index < -0.39 is 11.9 Å². The van der Waals surface area contributed by atoms with Crippen molar-refractivity contribution in [1.29, 1.82) is 0 Å². The SMILES string of the molecule is Cl.Cn1nc(N)c(I)c1C(F)(F)F. The van der Waals surface area contributed by atoms with Gasteiger partial charge in [0.2, 0.25) is 0 Å². The summed E-state index contributed by atoms with van der Waals surface area (Å²) in [6.45, 7) is 0. The molecule has 0 atom stereocenters. The first-order valence-electron chi connectivity index (χ1n) is 2.89. The zero-order valence-corrected chi connectivity index (χ0v) is 9.37. The minimum atomic E-state index is -4.39. The fraction of sp³-hybridized carbons (Fsp3) is 0.400. The second kappa shape index (κ2) is 3.91. The lowest BCUT2D eigenvalue weighted by molar-refractivity contribution is -0.144. The minimum absolute atomic E-state index is 0. The summed E-state index contributed by atoms with van der Waals surface area (Å²) >= 11 is 1.52. The van der Waals surface area contributed by atoms with E-state index in [2.05, 4.69) is 5.10 Å². The molecule has 8 heteroatoms. The van der Waals surface area contributed by atoms with Gasteiger partial charge < -0.3 is 5.73 Å². The van der Waals surface area contributed by atoms with Crippen LogP contribution in [0.1, 0.15) is 5.69 Å². The summed E-state index contributed by atoms with van der Waals surface area (Å²) in [5.74, 6) is -0.0922. The lowest BCUT2D eigenvalue weighted by Crippen LogP contribution is -2.13. The Morgan fingerprint density at radius 1 is 1.46 bits per heavy atom. The third-order valence-electron chi connectivity index (χ3n) is 1.28. The normalized spacial score (nSPS) is 11.2. The monoisotopic (exact) mass is 327 g/mol. The van der Waals surface area contributed by atoms with Gasteiger partial charge >= 0.3 is 6.18 Å². The molecule has 0 aromatic carbocycles. The Bertz CT molecular complexity index is 309. The van der Waals surface area contributed by atoms with Gasteiger partial charge in [-0.1, -0.05) is 0 Å². The third kappa shape index (κ3) is 2.39. The minimum Gasteiger partial charge on any atom is -0.381 e. The number of halogens is 5. The van der Waals surface area contributed by atoms with E-state index in [9.17, 15) is 13.2 Å². The number of aromatic nitrogens is 2. The van der Waals surface area contributed by atoms with Gasteiger partial charge in [-0.3, -0.25) is 4.68 Å². The van der Waals surface area contributed by atoms with E-state index in [4.69, 9.17) is 5.73 Å². The van der Waals surface area contributed by atoms with Gasteiger partial charge in [0.05, 0.1) is 3.57 Å². The largest absolute Gasteiger partial charge is 0.434 e. The molecule has 3 nitrogen and oxygen atoms in total. The Hall–Kier alpha value is -0.180. The van der Waals surface area contributed by atoms with Crippen LogP contribution in [0.3, 0.4) is 0 Å². The Balaban J connectivity index is 0.00000144.